The van der Waals surface area contributed by atoms with Crippen molar-refractivity contribution < 1.29 is 46.9 Å². The lowest BCUT2D eigenvalue weighted by Gasteiger charge is -2.30. The van der Waals surface area contributed by atoms with Gasteiger partial charge in [0.2, 0.25) is 19.4 Å². The molecule has 4 N–H and O–H groups in total. The Morgan fingerprint density at radius 1 is 1.28 bits per heavy atom. The number of hydrogen-bond acceptors (Lipinski definition) is 10. The first kappa shape index (κ1) is 28.3. The van der Waals surface area contributed by atoms with E-state index in [1.807, 2.05) is 0 Å². The number of carbonyl (C=O) groups excluding carboxylic acids is 3. The summed E-state index contributed by atoms with van der Waals surface area (Å²) in [6.07, 6.45) is -1.80. The Morgan fingerprint density at radius 2 is 1.86 bits per heavy atom. The number of carbonyl (C=O) groups is 3. The summed E-state index contributed by atoms with van der Waals surface area (Å²) in [6, 6.07) is 0. The van der Waals surface area contributed by atoms with Crippen LogP contribution in [0.2, 0.25) is 0 Å². The van der Waals surface area contributed by atoms with Crippen LogP contribution < -0.4 is 10.6 Å². The molecule has 0 aromatic heterocycles. The molecule has 164 valence electrons. The molecule has 3 unspecified atom stereocenters. The van der Waals surface area contributed by atoms with E-state index in [0.717, 1.165) is 11.8 Å². The minimum absolute atomic E-state index is 0.0988. The topological polar surface area (TPSA) is 178 Å². The van der Waals surface area contributed by atoms with Gasteiger partial charge in [0.25, 0.3) is 7.47 Å². The van der Waals surface area contributed by atoms with Crippen molar-refractivity contribution in [2.24, 2.45) is 5.41 Å². The standard InChI is InChI=1S/C13H23BN2O10P2S/c1-9(17)29-8-16-10(18)5-6-15-12(20)11(19)13(2,3)7-25-28(22,23)26-27(14,21)24-4/h4,11,19H,5-8H2,1-3H3,(H,15,20)(H,16,18)(H,22,23). The van der Waals surface area contributed by atoms with Crippen LogP contribution in [-0.4, -0.2) is 59.6 Å². The second kappa shape index (κ2) is 12.2. The molecule has 29 heavy (non-hydrogen) atoms. The molecule has 0 spiro atoms. The Labute approximate surface area is 174 Å². The third kappa shape index (κ3) is 12.5. The van der Waals surface area contributed by atoms with Gasteiger partial charge in [0.15, 0.2) is 5.12 Å². The predicted octanol–water partition coefficient (Wildman–Crippen LogP) is 0.329. The monoisotopic (exact) mass is 472 g/mol. The molecule has 0 aliphatic heterocycles. The molecule has 12 nitrogen and oxygen atoms in total. The Morgan fingerprint density at radius 3 is 2.38 bits per heavy atom. The lowest BCUT2D eigenvalue weighted by atomic mass is 9.87. The van der Waals surface area contributed by atoms with Gasteiger partial charge in [-0.25, -0.2) is 8.88 Å². The fourth-order valence-electron chi connectivity index (χ4n) is 1.57. The number of phosphoric ester groups is 1. The van der Waals surface area contributed by atoms with Gasteiger partial charge in [0.05, 0.1) is 12.5 Å². The number of amides is 2. The summed E-state index contributed by atoms with van der Waals surface area (Å²) in [5, 5.41) is 14.7. The van der Waals surface area contributed by atoms with Gasteiger partial charge in [-0.05, 0) is 0 Å². The summed E-state index contributed by atoms with van der Waals surface area (Å²) in [6.45, 7) is 3.25. The zero-order valence-electron chi connectivity index (χ0n) is 16.0. The highest BCUT2D eigenvalue weighted by Gasteiger charge is 2.38. The number of aliphatic hydroxyl groups excluding tert-OH is 1. The van der Waals surface area contributed by atoms with Gasteiger partial charge in [0.1, 0.15) is 13.2 Å². The molecule has 0 bridgehead atoms. The van der Waals surface area contributed by atoms with E-state index in [4.69, 9.17) is 7.57 Å². The molecule has 16 heteroatoms. The molecule has 4 radical (unpaired) electrons. The highest BCUT2D eigenvalue weighted by Crippen LogP contribution is 2.60. The van der Waals surface area contributed by atoms with E-state index in [1.165, 1.54) is 20.8 Å². The minimum atomic E-state index is -4.96. The summed E-state index contributed by atoms with van der Waals surface area (Å²) in [7, 11) is -0.0457. The Hall–Kier alpha value is -0.715. The summed E-state index contributed by atoms with van der Waals surface area (Å²) in [5.41, 5.74) is -1.39. The van der Waals surface area contributed by atoms with Crippen molar-refractivity contribution in [3.05, 3.63) is 7.11 Å². The molecule has 2 amide bonds. The van der Waals surface area contributed by atoms with E-state index in [9.17, 15) is 33.5 Å². The van der Waals surface area contributed by atoms with Gasteiger partial charge in [-0.1, -0.05) is 25.6 Å². The van der Waals surface area contributed by atoms with Gasteiger partial charge < -0.3 is 25.2 Å². The van der Waals surface area contributed by atoms with Crippen LogP contribution in [0, 0.1) is 12.5 Å². The summed E-state index contributed by atoms with van der Waals surface area (Å²) in [4.78, 5) is 43.7. The molecule has 0 aromatic rings. The van der Waals surface area contributed by atoms with Crippen molar-refractivity contribution in [3.63, 3.8) is 0 Å². The van der Waals surface area contributed by atoms with Gasteiger partial charge >= 0.3 is 7.82 Å². The lowest BCUT2D eigenvalue weighted by Crippen LogP contribution is -2.46. The van der Waals surface area contributed by atoms with Crippen molar-refractivity contribution in [2.45, 2.75) is 33.3 Å². The van der Waals surface area contributed by atoms with Gasteiger partial charge in [-0.2, -0.15) is 0 Å². The molecule has 0 aromatic carbocycles. The third-order valence-corrected chi connectivity index (χ3v) is 6.33. The van der Waals surface area contributed by atoms with E-state index in [-0.39, 0.29) is 24.0 Å². The number of nitrogens with one attached hydrogen (secondary N) is 2. The molecule has 0 aliphatic carbocycles. The van der Waals surface area contributed by atoms with Crippen molar-refractivity contribution in [1.29, 1.82) is 0 Å². The molecule has 3 atom stereocenters. The summed E-state index contributed by atoms with van der Waals surface area (Å²) >= 11 is 0.914. The van der Waals surface area contributed by atoms with E-state index < -0.39 is 45.2 Å². The molecule has 0 fully saturated rings. The Bertz CT molecular complexity index is 693. The van der Waals surface area contributed by atoms with E-state index in [1.54, 1.807) is 0 Å². The third-order valence-electron chi connectivity index (χ3n) is 3.15. The summed E-state index contributed by atoms with van der Waals surface area (Å²) < 4.78 is 35.3. The van der Waals surface area contributed by atoms with Gasteiger partial charge in [0, 0.05) is 25.3 Å². The molecular formula is C13H23BN2O10P2S. The zero-order valence-corrected chi connectivity index (χ0v) is 18.6. The number of rotatable bonds is 13. The van der Waals surface area contributed by atoms with Crippen molar-refractivity contribution in [3.8, 4) is 0 Å². The second-order valence-electron chi connectivity index (χ2n) is 6.28. The van der Waals surface area contributed by atoms with Crippen LogP contribution in [-0.2, 0) is 36.9 Å². The smallest absolute Gasteiger partial charge is 0.383 e. The second-order valence-corrected chi connectivity index (χ2v) is 10.6. The van der Waals surface area contributed by atoms with Crippen molar-refractivity contribution in [1.82, 2.24) is 10.6 Å². The first-order valence-corrected chi connectivity index (χ1v) is 12.0. The maximum Gasteiger partial charge on any atom is 0.478 e. The van der Waals surface area contributed by atoms with Crippen LogP contribution in [0.5, 0.6) is 0 Å². The molecule has 0 aliphatic rings. The van der Waals surface area contributed by atoms with Crippen molar-refractivity contribution >= 4 is 51.6 Å². The Kier molecular flexibility index (Phi) is 11.9. The maximum absolute atomic E-state index is 12.0. The average molecular weight is 472 g/mol. The molecule has 0 heterocycles. The Balaban J connectivity index is 4.49. The molecule has 0 rings (SSSR count). The highest BCUT2D eigenvalue weighted by atomic mass is 32.2. The highest BCUT2D eigenvalue weighted by molar-refractivity contribution is 8.13. The normalized spacial score (nSPS) is 16.9. The van der Waals surface area contributed by atoms with E-state index >= 15 is 0 Å². The van der Waals surface area contributed by atoms with Gasteiger partial charge in [-0.3, -0.25) is 23.5 Å². The van der Waals surface area contributed by atoms with Gasteiger partial charge in [-0.15, -0.1) is 0 Å². The number of aliphatic hydroxyl groups is 1. The van der Waals surface area contributed by atoms with Crippen LogP contribution in [0.15, 0.2) is 0 Å². The fourth-order valence-corrected chi connectivity index (χ4v) is 4.00. The SMILES string of the molecule is [B]P(=O)(O[CH])OP(=O)(O)OCC(C)(C)C(O)C(=O)NCCC(=O)NCSC(C)=O. The zero-order chi connectivity index (χ0) is 22.9. The maximum atomic E-state index is 12.0. The first-order valence-electron chi connectivity index (χ1n) is 7.93. The fraction of sp³-hybridized carbons (Fsp3) is 0.692. The van der Waals surface area contributed by atoms with Crippen LogP contribution in [0.4, 0.5) is 0 Å². The summed E-state index contributed by atoms with van der Waals surface area (Å²) in [5.74, 6) is -1.18. The molecule has 0 saturated heterocycles. The minimum Gasteiger partial charge on any atom is -0.383 e. The van der Waals surface area contributed by atoms with E-state index in [2.05, 4.69) is 31.1 Å². The first-order chi connectivity index (χ1) is 13.1. The molecule has 0 saturated carbocycles. The number of thioether (sulfide) groups is 1. The van der Waals surface area contributed by atoms with Crippen molar-refractivity contribution in [2.75, 3.05) is 19.0 Å². The predicted molar refractivity (Wildman–Crippen MR) is 104 cm³/mol. The number of phosphoric acid groups is 1. The number of hydrogen-bond donors (Lipinski definition) is 4. The molecular weight excluding hydrogens is 449 g/mol. The van der Waals surface area contributed by atoms with Crippen LogP contribution in [0.3, 0.4) is 0 Å². The quantitative estimate of drug-likeness (QED) is 0.165. The van der Waals surface area contributed by atoms with Crippen LogP contribution in [0.1, 0.15) is 27.2 Å². The van der Waals surface area contributed by atoms with Crippen LogP contribution >= 0.6 is 27.1 Å². The average Bonchev–Trinajstić information content (AvgIpc) is 2.58. The van der Waals surface area contributed by atoms with Crippen LogP contribution in [0.25, 0.3) is 0 Å². The van der Waals surface area contributed by atoms with E-state index in [0.29, 0.717) is 0 Å². The largest absolute Gasteiger partial charge is 0.478 e. The lowest BCUT2D eigenvalue weighted by molar-refractivity contribution is -0.137.